The van der Waals surface area contributed by atoms with Crippen molar-refractivity contribution in [2.45, 2.75) is 26.3 Å². The number of benzene rings is 1. The van der Waals surface area contributed by atoms with E-state index in [1.165, 1.54) is 11.1 Å². The minimum Gasteiger partial charge on any atom is -0.348 e. The fourth-order valence-corrected chi connectivity index (χ4v) is 1.82. The summed E-state index contributed by atoms with van der Waals surface area (Å²) in [5.74, 6) is 0.556. The summed E-state index contributed by atoms with van der Waals surface area (Å²) < 4.78 is 0. The van der Waals surface area contributed by atoms with Gasteiger partial charge in [0.25, 0.3) is 5.91 Å². The van der Waals surface area contributed by atoms with Gasteiger partial charge in [0.05, 0.1) is 0 Å². The lowest BCUT2D eigenvalue weighted by Crippen LogP contribution is -2.12. The van der Waals surface area contributed by atoms with Gasteiger partial charge in [0, 0.05) is 12.1 Å². The lowest BCUT2D eigenvalue weighted by Gasteiger charge is -2.09. The van der Waals surface area contributed by atoms with Crippen LogP contribution >= 0.6 is 0 Å². The molecule has 1 aromatic carbocycles. The molecule has 68 valence electrons. The Labute approximate surface area is 78.0 Å². The van der Waals surface area contributed by atoms with E-state index in [2.05, 4.69) is 25.2 Å². The molecule has 0 unspecified atom stereocenters. The van der Waals surface area contributed by atoms with Gasteiger partial charge in [0.15, 0.2) is 0 Å². The van der Waals surface area contributed by atoms with Gasteiger partial charge in [-0.25, -0.2) is 0 Å². The summed E-state index contributed by atoms with van der Waals surface area (Å²) in [6, 6.07) is 5.95. The van der Waals surface area contributed by atoms with Crippen molar-refractivity contribution in [3.05, 3.63) is 34.9 Å². The zero-order valence-corrected chi connectivity index (χ0v) is 7.92. The Morgan fingerprint density at radius 2 is 2.15 bits per heavy atom. The van der Waals surface area contributed by atoms with Crippen LogP contribution in [-0.2, 0) is 6.54 Å². The highest BCUT2D eigenvalue weighted by Crippen LogP contribution is 2.25. The maximum Gasteiger partial charge on any atom is 0.251 e. The van der Waals surface area contributed by atoms with Gasteiger partial charge in [-0.1, -0.05) is 26.0 Å². The van der Waals surface area contributed by atoms with Crippen molar-refractivity contribution in [1.82, 2.24) is 5.32 Å². The molecule has 13 heavy (non-hydrogen) atoms. The standard InChI is InChI=1S/C11H13NO/c1-7(2)8-4-3-5-9-10(8)6-12-11(9)13/h3-5,7H,6H2,1-2H3,(H,12,13). The van der Waals surface area contributed by atoms with E-state index in [-0.39, 0.29) is 5.91 Å². The fraction of sp³-hybridized carbons (Fsp3) is 0.364. The van der Waals surface area contributed by atoms with Gasteiger partial charge in [0.1, 0.15) is 0 Å². The van der Waals surface area contributed by atoms with Crippen LogP contribution in [0.15, 0.2) is 18.2 Å². The largest absolute Gasteiger partial charge is 0.348 e. The molecule has 2 rings (SSSR count). The highest BCUT2D eigenvalue weighted by molar-refractivity contribution is 5.98. The van der Waals surface area contributed by atoms with E-state index in [4.69, 9.17) is 0 Å². The lowest BCUT2D eigenvalue weighted by atomic mass is 9.95. The van der Waals surface area contributed by atoms with Crippen LogP contribution in [0.4, 0.5) is 0 Å². The molecule has 0 bridgehead atoms. The summed E-state index contributed by atoms with van der Waals surface area (Å²) in [7, 11) is 0. The molecular weight excluding hydrogens is 162 g/mol. The molecular formula is C11H13NO. The first kappa shape index (κ1) is 8.30. The first-order valence-corrected chi connectivity index (χ1v) is 4.60. The van der Waals surface area contributed by atoms with Gasteiger partial charge in [-0.3, -0.25) is 4.79 Å². The predicted octanol–water partition coefficient (Wildman–Crippen LogP) is 2.05. The maximum atomic E-state index is 11.3. The third kappa shape index (κ3) is 1.22. The highest BCUT2D eigenvalue weighted by atomic mass is 16.1. The molecule has 1 heterocycles. The molecule has 0 saturated carbocycles. The summed E-state index contributed by atoms with van der Waals surface area (Å²) in [6.45, 7) is 5.00. The van der Waals surface area contributed by atoms with E-state index in [0.29, 0.717) is 12.5 Å². The summed E-state index contributed by atoms with van der Waals surface area (Å²) >= 11 is 0. The number of nitrogens with one attached hydrogen (secondary N) is 1. The van der Waals surface area contributed by atoms with Crippen LogP contribution in [-0.4, -0.2) is 5.91 Å². The second-order valence-electron chi connectivity index (χ2n) is 3.71. The lowest BCUT2D eigenvalue weighted by molar-refractivity contribution is 0.0966. The quantitative estimate of drug-likeness (QED) is 0.695. The second kappa shape index (κ2) is 2.87. The molecule has 0 aromatic heterocycles. The van der Waals surface area contributed by atoms with E-state index in [9.17, 15) is 4.79 Å². The first-order valence-electron chi connectivity index (χ1n) is 4.60. The minimum absolute atomic E-state index is 0.0671. The molecule has 0 saturated heterocycles. The van der Waals surface area contributed by atoms with Crippen molar-refractivity contribution >= 4 is 5.91 Å². The van der Waals surface area contributed by atoms with Crippen molar-refractivity contribution in [3.8, 4) is 0 Å². The predicted molar refractivity (Wildman–Crippen MR) is 51.7 cm³/mol. The van der Waals surface area contributed by atoms with E-state index in [1.807, 2.05) is 12.1 Å². The normalized spacial score (nSPS) is 14.5. The third-order valence-corrected chi connectivity index (χ3v) is 2.50. The van der Waals surface area contributed by atoms with Crippen molar-refractivity contribution in [1.29, 1.82) is 0 Å². The Kier molecular flexibility index (Phi) is 1.83. The Morgan fingerprint density at radius 1 is 1.38 bits per heavy atom. The van der Waals surface area contributed by atoms with Crippen molar-refractivity contribution in [3.63, 3.8) is 0 Å². The van der Waals surface area contributed by atoms with E-state index in [1.54, 1.807) is 0 Å². The van der Waals surface area contributed by atoms with E-state index < -0.39 is 0 Å². The Balaban J connectivity index is 2.57. The van der Waals surface area contributed by atoms with Crippen LogP contribution in [0.25, 0.3) is 0 Å². The third-order valence-electron chi connectivity index (χ3n) is 2.50. The average molecular weight is 175 g/mol. The molecule has 1 amide bonds. The average Bonchev–Trinajstić information content (AvgIpc) is 2.48. The zero-order chi connectivity index (χ0) is 9.42. The Hall–Kier alpha value is -1.31. The zero-order valence-electron chi connectivity index (χ0n) is 7.92. The molecule has 0 spiro atoms. The topological polar surface area (TPSA) is 29.1 Å². The van der Waals surface area contributed by atoms with Crippen LogP contribution in [0.5, 0.6) is 0 Å². The fourth-order valence-electron chi connectivity index (χ4n) is 1.82. The van der Waals surface area contributed by atoms with Crippen LogP contribution in [0.3, 0.4) is 0 Å². The van der Waals surface area contributed by atoms with Crippen LogP contribution in [0, 0.1) is 0 Å². The molecule has 1 aromatic rings. The van der Waals surface area contributed by atoms with Crippen LogP contribution in [0.2, 0.25) is 0 Å². The smallest absolute Gasteiger partial charge is 0.251 e. The van der Waals surface area contributed by atoms with Gasteiger partial charge in [-0.05, 0) is 23.1 Å². The summed E-state index contributed by atoms with van der Waals surface area (Å²) in [4.78, 5) is 11.3. The number of fused-ring (bicyclic) bond motifs is 1. The van der Waals surface area contributed by atoms with Crippen molar-refractivity contribution < 1.29 is 4.79 Å². The number of carbonyl (C=O) groups excluding carboxylic acids is 1. The summed E-state index contributed by atoms with van der Waals surface area (Å²) in [6.07, 6.45) is 0. The second-order valence-corrected chi connectivity index (χ2v) is 3.71. The van der Waals surface area contributed by atoms with Gasteiger partial charge in [-0.2, -0.15) is 0 Å². The molecule has 0 fully saturated rings. The summed E-state index contributed by atoms with van der Waals surface area (Å²) in [5, 5.41) is 2.84. The first-order chi connectivity index (χ1) is 6.20. The van der Waals surface area contributed by atoms with Gasteiger partial charge in [0.2, 0.25) is 0 Å². The van der Waals surface area contributed by atoms with Gasteiger partial charge < -0.3 is 5.32 Å². The summed E-state index contributed by atoms with van der Waals surface area (Å²) in [5.41, 5.74) is 3.32. The number of rotatable bonds is 1. The number of carbonyl (C=O) groups is 1. The molecule has 0 atom stereocenters. The maximum absolute atomic E-state index is 11.3. The molecule has 0 radical (unpaired) electrons. The molecule has 1 aliphatic rings. The van der Waals surface area contributed by atoms with Crippen molar-refractivity contribution in [2.24, 2.45) is 0 Å². The number of amides is 1. The SMILES string of the molecule is CC(C)c1cccc2c1CNC2=O. The highest BCUT2D eigenvalue weighted by Gasteiger charge is 2.21. The monoisotopic (exact) mass is 175 g/mol. The molecule has 2 nitrogen and oxygen atoms in total. The minimum atomic E-state index is 0.0671. The van der Waals surface area contributed by atoms with Crippen LogP contribution < -0.4 is 5.32 Å². The van der Waals surface area contributed by atoms with E-state index >= 15 is 0 Å². The molecule has 2 heteroatoms. The van der Waals surface area contributed by atoms with Gasteiger partial charge in [-0.15, -0.1) is 0 Å². The number of hydrogen-bond donors (Lipinski definition) is 1. The van der Waals surface area contributed by atoms with E-state index in [0.717, 1.165) is 5.56 Å². The molecule has 0 aliphatic carbocycles. The number of hydrogen-bond acceptors (Lipinski definition) is 1. The van der Waals surface area contributed by atoms with Crippen LogP contribution in [0.1, 0.15) is 41.3 Å². The van der Waals surface area contributed by atoms with Gasteiger partial charge >= 0.3 is 0 Å². The molecule has 1 aliphatic heterocycles. The molecule has 1 N–H and O–H groups in total. The van der Waals surface area contributed by atoms with Crippen molar-refractivity contribution in [2.75, 3.05) is 0 Å². The Bertz CT molecular complexity index is 355. The Morgan fingerprint density at radius 3 is 2.85 bits per heavy atom.